The molecule has 0 bridgehead atoms. The minimum absolute atomic E-state index is 0.344. The molecule has 6 nitrogen and oxygen atoms in total. The summed E-state index contributed by atoms with van der Waals surface area (Å²) in [5.74, 6) is 2.77. The average molecular weight is 360 g/mol. The number of aliphatic hydroxyl groups is 1. The van der Waals surface area contributed by atoms with Crippen LogP contribution in [0.4, 0.5) is 0 Å². The fourth-order valence-corrected chi connectivity index (χ4v) is 4.34. The molecule has 0 saturated carbocycles. The molecule has 0 aromatic heterocycles. The van der Waals surface area contributed by atoms with Gasteiger partial charge in [0.1, 0.15) is 0 Å². The van der Waals surface area contributed by atoms with Crippen molar-refractivity contribution in [2.45, 2.75) is 44.3 Å². The number of aliphatic imine (C=N–C) groups is 1. The molecule has 2 aliphatic rings. The molecule has 2 saturated heterocycles. The Kier molecular flexibility index (Phi) is 8.66. The van der Waals surface area contributed by atoms with Crippen molar-refractivity contribution in [2.24, 2.45) is 4.99 Å². The SMILES string of the molecule is CCNC(=NCC1(O)CCSC1)N1CCC(OCCCOC)CC1. The molecule has 2 heterocycles. The summed E-state index contributed by atoms with van der Waals surface area (Å²) >= 11 is 1.81. The Labute approximate surface area is 150 Å². The average Bonchev–Trinajstić information content (AvgIpc) is 3.03. The number of hydrogen-bond donors (Lipinski definition) is 2. The number of ether oxygens (including phenoxy) is 2. The molecule has 0 aromatic rings. The van der Waals surface area contributed by atoms with Gasteiger partial charge >= 0.3 is 0 Å². The third kappa shape index (κ3) is 6.43. The van der Waals surface area contributed by atoms with Crippen molar-refractivity contribution >= 4 is 17.7 Å². The Balaban J connectivity index is 1.77. The van der Waals surface area contributed by atoms with Crippen LogP contribution in [0, 0.1) is 0 Å². The number of rotatable bonds is 8. The van der Waals surface area contributed by atoms with Crippen molar-refractivity contribution in [2.75, 3.05) is 58.0 Å². The van der Waals surface area contributed by atoms with Crippen LogP contribution in [0.1, 0.15) is 32.6 Å². The lowest BCUT2D eigenvalue weighted by Crippen LogP contribution is -2.48. The smallest absolute Gasteiger partial charge is 0.194 e. The summed E-state index contributed by atoms with van der Waals surface area (Å²) in [4.78, 5) is 7.01. The topological polar surface area (TPSA) is 66.3 Å². The van der Waals surface area contributed by atoms with Gasteiger partial charge in [-0.05, 0) is 38.4 Å². The Morgan fingerprint density at radius 1 is 1.38 bits per heavy atom. The molecular weight excluding hydrogens is 326 g/mol. The van der Waals surface area contributed by atoms with E-state index < -0.39 is 5.60 Å². The second kappa shape index (κ2) is 10.5. The standard InChI is InChI=1S/C17H33N3O3S/c1-3-18-16(19-13-17(21)7-12-24-14-17)20-8-5-15(6-9-20)23-11-4-10-22-2/h15,21H,3-14H2,1-2H3,(H,18,19). The normalized spacial score (nSPS) is 26.1. The Bertz CT molecular complexity index is 381. The van der Waals surface area contributed by atoms with Gasteiger partial charge in [0.25, 0.3) is 0 Å². The molecule has 2 N–H and O–H groups in total. The number of nitrogens with one attached hydrogen (secondary N) is 1. The van der Waals surface area contributed by atoms with Crippen molar-refractivity contribution in [3.05, 3.63) is 0 Å². The molecule has 0 amide bonds. The van der Waals surface area contributed by atoms with E-state index >= 15 is 0 Å². The van der Waals surface area contributed by atoms with Gasteiger partial charge in [-0.15, -0.1) is 0 Å². The molecule has 2 fully saturated rings. The highest BCUT2D eigenvalue weighted by Gasteiger charge is 2.32. The molecule has 7 heteroatoms. The highest BCUT2D eigenvalue weighted by Crippen LogP contribution is 2.28. The van der Waals surface area contributed by atoms with Crippen molar-refractivity contribution in [1.82, 2.24) is 10.2 Å². The van der Waals surface area contributed by atoms with Crippen molar-refractivity contribution < 1.29 is 14.6 Å². The van der Waals surface area contributed by atoms with Crippen LogP contribution < -0.4 is 5.32 Å². The number of hydrogen-bond acceptors (Lipinski definition) is 5. The molecule has 1 unspecified atom stereocenters. The van der Waals surface area contributed by atoms with E-state index in [-0.39, 0.29) is 0 Å². The third-order valence-electron chi connectivity index (χ3n) is 4.53. The summed E-state index contributed by atoms with van der Waals surface area (Å²) in [6, 6.07) is 0. The summed E-state index contributed by atoms with van der Waals surface area (Å²) in [6.07, 6.45) is 4.20. The molecular formula is C17H33N3O3S. The lowest BCUT2D eigenvalue weighted by molar-refractivity contribution is 0.00975. The van der Waals surface area contributed by atoms with Crippen LogP contribution in [-0.2, 0) is 9.47 Å². The zero-order valence-electron chi connectivity index (χ0n) is 15.1. The summed E-state index contributed by atoms with van der Waals surface area (Å²) in [5, 5.41) is 13.9. The molecule has 0 aliphatic carbocycles. The quantitative estimate of drug-likeness (QED) is 0.387. The second-order valence-corrected chi connectivity index (χ2v) is 7.71. The van der Waals surface area contributed by atoms with E-state index in [4.69, 9.17) is 14.5 Å². The highest BCUT2D eigenvalue weighted by atomic mass is 32.2. The molecule has 2 rings (SSSR count). The van der Waals surface area contributed by atoms with Crippen molar-refractivity contribution in [3.8, 4) is 0 Å². The van der Waals surface area contributed by atoms with Gasteiger partial charge in [-0.3, -0.25) is 4.99 Å². The van der Waals surface area contributed by atoms with Crippen molar-refractivity contribution in [1.29, 1.82) is 0 Å². The molecule has 0 spiro atoms. The molecule has 24 heavy (non-hydrogen) atoms. The van der Waals surface area contributed by atoms with Crippen LogP contribution in [-0.4, -0.2) is 85.7 Å². The maximum absolute atomic E-state index is 10.5. The van der Waals surface area contributed by atoms with E-state index in [1.165, 1.54) is 0 Å². The first-order chi connectivity index (χ1) is 11.7. The van der Waals surface area contributed by atoms with Gasteiger partial charge in [0.15, 0.2) is 5.96 Å². The number of guanidine groups is 1. The van der Waals surface area contributed by atoms with E-state index in [9.17, 15) is 5.11 Å². The van der Waals surface area contributed by atoms with Crippen LogP contribution in [0.15, 0.2) is 4.99 Å². The van der Waals surface area contributed by atoms with E-state index in [2.05, 4.69) is 17.1 Å². The predicted molar refractivity (Wildman–Crippen MR) is 99.9 cm³/mol. The second-order valence-electron chi connectivity index (χ2n) is 6.60. The van der Waals surface area contributed by atoms with Gasteiger partial charge in [-0.2, -0.15) is 11.8 Å². The Hall–Kier alpha value is -0.500. The van der Waals surface area contributed by atoms with Gasteiger partial charge < -0.3 is 24.8 Å². The highest BCUT2D eigenvalue weighted by molar-refractivity contribution is 7.99. The van der Waals surface area contributed by atoms with E-state index in [1.54, 1.807) is 7.11 Å². The first kappa shape index (κ1) is 19.8. The predicted octanol–water partition coefficient (Wildman–Crippen LogP) is 1.34. The minimum Gasteiger partial charge on any atom is -0.387 e. The minimum atomic E-state index is -0.617. The molecule has 0 radical (unpaired) electrons. The van der Waals surface area contributed by atoms with E-state index in [1.807, 2.05) is 11.8 Å². The lowest BCUT2D eigenvalue weighted by Gasteiger charge is -2.34. The molecule has 0 aromatic carbocycles. The van der Waals surface area contributed by atoms with Crippen LogP contribution in [0.3, 0.4) is 0 Å². The number of likely N-dealkylation sites (tertiary alicyclic amines) is 1. The monoisotopic (exact) mass is 359 g/mol. The first-order valence-electron chi connectivity index (χ1n) is 9.11. The molecule has 2 aliphatic heterocycles. The zero-order valence-corrected chi connectivity index (χ0v) is 15.9. The van der Waals surface area contributed by atoms with Gasteiger partial charge in [-0.1, -0.05) is 0 Å². The molecule has 1 atom stereocenters. The van der Waals surface area contributed by atoms with Crippen molar-refractivity contribution in [3.63, 3.8) is 0 Å². The summed E-state index contributed by atoms with van der Waals surface area (Å²) in [5.41, 5.74) is -0.617. The summed E-state index contributed by atoms with van der Waals surface area (Å²) < 4.78 is 11.0. The van der Waals surface area contributed by atoms with Gasteiger partial charge in [0.05, 0.1) is 18.2 Å². The van der Waals surface area contributed by atoms with Crippen LogP contribution in [0.2, 0.25) is 0 Å². The van der Waals surface area contributed by atoms with E-state index in [0.29, 0.717) is 12.6 Å². The molecule has 140 valence electrons. The van der Waals surface area contributed by atoms with Gasteiger partial charge in [-0.25, -0.2) is 0 Å². The van der Waals surface area contributed by atoms with Crippen LogP contribution in [0.5, 0.6) is 0 Å². The zero-order chi connectivity index (χ0) is 17.3. The fourth-order valence-electron chi connectivity index (χ4n) is 3.06. The number of piperidine rings is 1. The lowest BCUT2D eigenvalue weighted by atomic mass is 10.0. The number of methoxy groups -OCH3 is 1. The van der Waals surface area contributed by atoms with Gasteiger partial charge in [0, 0.05) is 45.7 Å². The Morgan fingerprint density at radius 2 is 2.17 bits per heavy atom. The third-order valence-corrected chi connectivity index (χ3v) is 5.76. The van der Waals surface area contributed by atoms with Gasteiger partial charge in [0.2, 0.25) is 0 Å². The first-order valence-corrected chi connectivity index (χ1v) is 10.3. The summed E-state index contributed by atoms with van der Waals surface area (Å²) in [6.45, 7) is 6.87. The number of nitrogens with zero attached hydrogens (tertiary/aromatic N) is 2. The summed E-state index contributed by atoms with van der Waals surface area (Å²) in [7, 11) is 1.72. The maximum Gasteiger partial charge on any atom is 0.194 e. The maximum atomic E-state index is 10.5. The number of thioether (sulfide) groups is 1. The van der Waals surface area contributed by atoms with Crippen LogP contribution >= 0.6 is 11.8 Å². The van der Waals surface area contributed by atoms with E-state index in [0.717, 1.165) is 76.0 Å². The largest absolute Gasteiger partial charge is 0.387 e. The fraction of sp³-hybridized carbons (Fsp3) is 0.941. The Morgan fingerprint density at radius 3 is 2.79 bits per heavy atom. The van der Waals surface area contributed by atoms with Crippen LogP contribution in [0.25, 0.3) is 0 Å².